The minimum Gasteiger partial charge on any atom is -0.406 e. The number of rotatable bonds is 9. The van der Waals surface area contributed by atoms with Crippen LogP contribution < -0.4 is 5.32 Å². The van der Waals surface area contributed by atoms with Gasteiger partial charge in [0.05, 0.1) is 5.69 Å². The number of benzene rings is 4. The van der Waals surface area contributed by atoms with Gasteiger partial charge in [-0.15, -0.1) is 0 Å². The van der Waals surface area contributed by atoms with Crippen LogP contribution in [0.2, 0.25) is 5.04 Å². The fraction of sp³-hybridized carbons (Fsp3) is 0.292. The van der Waals surface area contributed by atoms with E-state index in [0.717, 1.165) is 44.5 Å². The lowest BCUT2D eigenvalue weighted by Crippen LogP contribution is -2.41. The summed E-state index contributed by atoms with van der Waals surface area (Å²) >= 11 is 0. The van der Waals surface area contributed by atoms with Gasteiger partial charge < -0.3 is 24.5 Å². The summed E-state index contributed by atoms with van der Waals surface area (Å²) in [5.41, 5.74) is 8.12. The first-order valence-electron chi connectivity index (χ1n) is 20.0. The average Bonchev–Trinajstić information content (AvgIpc) is 3.66. The number of hydrogen-bond acceptors (Lipinski definition) is 5. The van der Waals surface area contributed by atoms with E-state index in [1.54, 1.807) is 25.3 Å². The Labute approximate surface area is 344 Å². The summed E-state index contributed by atoms with van der Waals surface area (Å²) in [6.45, 7) is 14.3. The number of aromatic amines is 1. The fourth-order valence-corrected chi connectivity index (χ4v) is 8.74. The third-order valence-electron chi connectivity index (χ3n) is 10.6. The molecule has 4 aromatic carbocycles. The first kappa shape index (κ1) is 40.4. The molecule has 3 heterocycles. The molecule has 0 fully saturated rings. The van der Waals surface area contributed by atoms with Crippen LogP contribution >= 0.6 is 0 Å². The number of aromatic nitrogens is 3. The van der Waals surface area contributed by atoms with Gasteiger partial charge in [0.25, 0.3) is 5.91 Å². The van der Waals surface area contributed by atoms with Crippen LogP contribution in [0.1, 0.15) is 86.3 Å². The summed E-state index contributed by atoms with van der Waals surface area (Å²) in [6, 6.07) is 36.6. The Morgan fingerprint density at radius 1 is 0.810 bits per heavy atom. The molecule has 0 aliphatic carbocycles. The van der Waals surface area contributed by atoms with Crippen LogP contribution in [-0.4, -0.2) is 73.6 Å². The first-order valence-corrected chi connectivity index (χ1v) is 21.2. The standard InChI is InChI=1S/C48H54N6O3Si/c1-46(2,3)34-24-22-33(23-25-34)44(55)52-39-21-15-20-37(41(39)48(57-58-47(4,5)6,35-16-11-9-12-17-35)36-18-13-10-14-19-36)42-38-30-40(51-43(38)50-31-49-42)32-26-28-54(29-27-32)45(56)53(7)8/h9-26,30-31H,27-29,58H2,1-8H3,(H,52,55)(H,49,50,51). The van der Waals surface area contributed by atoms with Crippen LogP contribution in [0.25, 0.3) is 27.9 Å². The van der Waals surface area contributed by atoms with Crippen molar-refractivity contribution in [2.24, 2.45) is 0 Å². The normalized spacial score (nSPS) is 13.9. The molecular weight excluding hydrogens is 737 g/mol. The van der Waals surface area contributed by atoms with E-state index in [4.69, 9.17) is 14.4 Å². The van der Waals surface area contributed by atoms with Gasteiger partial charge in [-0.2, -0.15) is 0 Å². The van der Waals surface area contributed by atoms with E-state index in [1.165, 1.54) is 0 Å². The number of carbonyl (C=O) groups excluding carboxylic acids is 2. The lowest BCUT2D eigenvalue weighted by molar-refractivity contribution is 0.102. The minimum absolute atomic E-state index is 0.00131. The van der Waals surface area contributed by atoms with Crippen LogP contribution in [0.3, 0.4) is 0 Å². The molecule has 6 aromatic rings. The van der Waals surface area contributed by atoms with Crippen molar-refractivity contribution >= 4 is 44.0 Å². The SMILES string of the molecule is CN(C)C(=O)N1CC=C(c2cc3c(-c4cccc(NC(=O)c5ccc(C(C)(C)C)cc5)c4C(O[SiH2]C(C)(C)C)(c4ccccc4)c4ccccc4)ncnc3[nH]2)CC1. The number of nitrogens with one attached hydrogen (secondary N) is 2. The number of fused-ring (bicyclic) bond motifs is 1. The molecule has 0 saturated heterocycles. The molecule has 2 N–H and O–H groups in total. The van der Waals surface area contributed by atoms with Crippen LogP contribution in [0.15, 0.2) is 122 Å². The van der Waals surface area contributed by atoms with E-state index in [-0.39, 0.29) is 22.4 Å². The molecular formula is C48H54N6O3Si. The smallest absolute Gasteiger partial charge is 0.319 e. The molecule has 0 spiro atoms. The van der Waals surface area contributed by atoms with E-state index in [2.05, 4.69) is 94.3 Å². The van der Waals surface area contributed by atoms with E-state index >= 15 is 0 Å². The average molecular weight is 791 g/mol. The summed E-state index contributed by atoms with van der Waals surface area (Å²) in [7, 11) is 2.30. The molecule has 58 heavy (non-hydrogen) atoms. The number of amides is 3. The van der Waals surface area contributed by atoms with Crippen molar-refractivity contribution in [3.63, 3.8) is 0 Å². The maximum absolute atomic E-state index is 14.4. The minimum atomic E-state index is -1.25. The molecule has 1 aliphatic heterocycles. The fourth-order valence-electron chi connectivity index (χ4n) is 7.61. The zero-order valence-corrected chi connectivity index (χ0v) is 36.3. The van der Waals surface area contributed by atoms with Crippen molar-refractivity contribution in [2.75, 3.05) is 32.5 Å². The van der Waals surface area contributed by atoms with Gasteiger partial charge in [0.1, 0.15) is 17.6 Å². The number of H-pyrrole nitrogens is 1. The summed E-state index contributed by atoms with van der Waals surface area (Å²) in [6.07, 6.45) is 4.40. The second kappa shape index (κ2) is 16.2. The Balaban J connectivity index is 1.46. The van der Waals surface area contributed by atoms with Crippen molar-refractivity contribution in [1.82, 2.24) is 24.8 Å². The number of hydrogen-bond donors (Lipinski definition) is 2. The van der Waals surface area contributed by atoms with E-state index in [0.29, 0.717) is 42.1 Å². The lowest BCUT2D eigenvalue weighted by Gasteiger charge is -2.40. The quantitative estimate of drug-likeness (QED) is 0.112. The first-order chi connectivity index (χ1) is 27.7. The maximum atomic E-state index is 14.4. The summed E-state index contributed by atoms with van der Waals surface area (Å²) < 4.78 is 7.55. The van der Waals surface area contributed by atoms with Gasteiger partial charge >= 0.3 is 6.03 Å². The van der Waals surface area contributed by atoms with E-state index in [9.17, 15) is 9.59 Å². The molecule has 0 atom stereocenters. The van der Waals surface area contributed by atoms with Gasteiger partial charge in [-0.25, -0.2) is 14.8 Å². The van der Waals surface area contributed by atoms with Gasteiger partial charge in [-0.05, 0) is 63.4 Å². The topological polar surface area (TPSA) is 103 Å². The second-order valence-corrected chi connectivity index (χ2v) is 20.2. The highest BCUT2D eigenvalue weighted by atomic mass is 28.2. The monoisotopic (exact) mass is 790 g/mol. The second-order valence-electron chi connectivity index (χ2n) is 17.5. The third-order valence-corrected chi connectivity index (χ3v) is 12.1. The molecule has 298 valence electrons. The highest BCUT2D eigenvalue weighted by Gasteiger charge is 2.43. The summed E-state index contributed by atoms with van der Waals surface area (Å²) in [5, 5.41) is 4.14. The van der Waals surface area contributed by atoms with E-state index < -0.39 is 15.4 Å². The Bertz CT molecular complexity index is 2410. The van der Waals surface area contributed by atoms with Crippen molar-refractivity contribution in [3.05, 3.63) is 155 Å². The van der Waals surface area contributed by atoms with Crippen LogP contribution in [0.4, 0.5) is 10.5 Å². The molecule has 0 bridgehead atoms. The van der Waals surface area contributed by atoms with Gasteiger partial charge in [0.15, 0.2) is 9.76 Å². The van der Waals surface area contributed by atoms with Crippen LogP contribution in [-0.2, 0) is 15.4 Å². The van der Waals surface area contributed by atoms with Crippen LogP contribution in [0.5, 0.6) is 0 Å². The molecule has 2 aromatic heterocycles. The van der Waals surface area contributed by atoms with Gasteiger partial charge in [-0.3, -0.25) is 4.79 Å². The zero-order valence-electron chi connectivity index (χ0n) is 34.9. The molecule has 0 radical (unpaired) electrons. The lowest BCUT2D eigenvalue weighted by atomic mass is 9.76. The van der Waals surface area contributed by atoms with Crippen molar-refractivity contribution < 1.29 is 14.0 Å². The molecule has 1 aliphatic rings. The zero-order chi connectivity index (χ0) is 41.2. The number of carbonyl (C=O) groups is 2. The van der Waals surface area contributed by atoms with E-state index in [1.807, 2.05) is 77.7 Å². The Morgan fingerprint density at radius 3 is 2.03 bits per heavy atom. The number of anilines is 1. The van der Waals surface area contributed by atoms with Gasteiger partial charge in [-0.1, -0.05) is 133 Å². The predicted octanol–water partition coefficient (Wildman–Crippen LogP) is 9.56. The molecule has 0 unspecified atom stereocenters. The molecule has 3 amide bonds. The highest BCUT2D eigenvalue weighted by Crippen LogP contribution is 2.49. The summed E-state index contributed by atoms with van der Waals surface area (Å²) in [5.74, 6) is -0.218. The third kappa shape index (κ3) is 8.26. The number of urea groups is 1. The maximum Gasteiger partial charge on any atom is 0.319 e. The van der Waals surface area contributed by atoms with Crippen LogP contribution in [0, 0.1) is 0 Å². The largest absolute Gasteiger partial charge is 0.406 e. The Hall–Kier alpha value is -5.84. The predicted molar refractivity (Wildman–Crippen MR) is 238 cm³/mol. The Kier molecular flexibility index (Phi) is 11.3. The number of nitrogens with zero attached hydrogens (tertiary/aromatic N) is 4. The van der Waals surface area contributed by atoms with Crippen molar-refractivity contribution in [3.8, 4) is 11.3 Å². The van der Waals surface area contributed by atoms with Crippen molar-refractivity contribution in [1.29, 1.82) is 0 Å². The molecule has 9 nitrogen and oxygen atoms in total. The van der Waals surface area contributed by atoms with Gasteiger partial charge in [0.2, 0.25) is 0 Å². The van der Waals surface area contributed by atoms with Crippen molar-refractivity contribution in [2.45, 2.75) is 64.0 Å². The van der Waals surface area contributed by atoms with Gasteiger partial charge in [0, 0.05) is 60.6 Å². The summed E-state index contributed by atoms with van der Waals surface area (Å²) in [4.78, 5) is 43.8. The Morgan fingerprint density at radius 2 is 1.47 bits per heavy atom. The molecule has 7 rings (SSSR count). The molecule has 0 saturated carbocycles. The highest BCUT2D eigenvalue weighted by molar-refractivity contribution is 6.32. The molecule has 10 heteroatoms.